The van der Waals surface area contributed by atoms with Crippen LogP contribution in [0.15, 0.2) is 22.6 Å². The molecule has 2 aromatic rings. The van der Waals surface area contributed by atoms with Gasteiger partial charge in [-0.05, 0) is 50.8 Å². The van der Waals surface area contributed by atoms with Crippen molar-refractivity contribution < 1.29 is 4.42 Å². The summed E-state index contributed by atoms with van der Waals surface area (Å²) in [5.41, 5.74) is 8.16. The normalized spacial score (nSPS) is 23.6. The Morgan fingerprint density at radius 2 is 2.05 bits per heavy atom. The van der Waals surface area contributed by atoms with E-state index >= 15 is 0 Å². The van der Waals surface area contributed by atoms with Crippen molar-refractivity contribution in [3.63, 3.8) is 0 Å². The Labute approximate surface area is 120 Å². The summed E-state index contributed by atoms with van der Waals surface area (Å²) in [4.78, 5) is 6.91. The monoisotopic (exact) mass is 273 g/mol. The van der Waals surface area contributed by atoms with Gasteiger partial charge in [0.05, 0.1) is 6.54 Å². The Bertz CT molecular complexity index is 584. The lowest BCUT2D eigenvalue weighted by Gasteiger charge is -2.32. The van der Waals surface area contributed by atoms with Gasteiger partial charge in [-0.15, -0.1) is 0 Å². The van der Waals surface area contributed by atoms with Gasteiger partial charge in [-0.2, -0.15) is 0 Å². The fraction of sp³-hybridized carbons (Fsp3) is 0.562. The van der Waals surface area contributed by atoms with E-state index in [1.165, 1.54) is 25.7 Å². The highest BCUT2D eigenvalue weighted by Crippen LogP contribution is 2.27. The number of nitrogen functional groups attached to an aromatic ring is 1. The van der Waals surface area contributed by atoms with Crippen LogP contribution in [-0.2, 0) is 6.54 Å². The summed E-state index contributed by atoms with van der Waals surface area (Å²) in [7, 11) is 2.17. The van der Waals surface area contributed by atoms with Crippen LogP contribution >= 0.6 is 0 Å². The summed E-state index contributed by atoms with van der Waals surface area (Å²) in [6.45, 7) is 3.12. The van der Waals surface area contributed by atoms with Gasteiger partial charge in [0, 0.05) is 17.8 Å². The SMILES string of the molecule is CC1CCC(N(C)Cc2nc3ccc(N)cc3o2)CC1. The maximum atomic E-state index is 5.80. The third-order valence-corrected chi connectivity index (χ3v) is 4.45. The first-order valence-corrected chi connectivity index (χ1v) is 7.47. The first-order chi connectivity index (χ1) is 9.61. The van der Waals surface area contributed by atoms with E-state index in [9.17, 15) is 0 Å². The van der Waals surface area contributed by atoms with Crippen LogP contribution in [0.2, 0.25) is 0 Å². The summed E-state index contributed by atoms with van der Waals surface area (Å²) in [5, 5.41) is 0. The Morgan fingerprint density at radius 1 is 1.30 bits per heavy atom. The summed E-state index contributed by atoms with van der Waals surface area (Å²) >= 11 is 0. The van der Waals surface area contributed by atoms with Crippen LogP contribution in [0.1, 0.15) is 38.5 Å². The maximum Gasteiger partial charge on any atom is 0.209 e. The quantitative estimate of drug-likeness (QED) is 0.871. The molecule has 1 aromatic carbocycles. The topological polar surface area (TPSA) is 55.3 Å². The van der Waals surface area contributed by atoms with E-state index in [2.05, 4.69) is 23.9 Å². The molecule has 1 aliphatic carbocycles. The first-order valence-electron chi connectivity index (χ1n) is 7.47. The second-order valence-corrected chi connectivity index (χ2v) is 6.16. The van der Waals surface area contributed by atoms with Gasteiger partial charge in [0.15, 0.2) is 5.58 Å². The summed E-state index contributed by atoms with van der Waals surface area (Å²) in [6, 6.07) is 6.28. The van der Waals surface area contributed by atoms with E-state index in [-0.39, 0.29) is 0 Å². The van der Waals surface area contributed by atoms with Gasteiger partial charge in [-0.3, -0.25) is 4.90 Å². The molecule has 1 aromatic heterocycles. The van der Waals surface area contributed by atoms with Crippen LogP contribution in [0.3, 0.4) is 0 Å². The number of aromatic nitrogens is 1. The van der Waals surface area contributed by atoms with E-state index in [4.69, 9.17) is 10.2 Å². The van der Waals surface area contributed by atoms with E-state index in [1.54, 1.807) is 0 Å². The third-order valence-electron chi connectivity index (χ3n) is 4.45. The molecule has 0 saturated heterocycles. The van der Waals surface area contributed by atoms with Crippen LogP contribution < -0.4 is 5.73 Å². The highest BCUT2D eigenvalue weighted by molar-refractivity contribution is 5.76. The predicted molar refractivity (Wildman–Crippen MR) is 81.3 cm³/mol. The second-order valence-electron chi connectivity index (χ2n) is 6.16. The lowest BCUT2D eigenvalue weighted by atomic mass is 9.87. The Balaban J connectivity index is 1.69. The molecule has 1 saturated carbocycles. The largest absolute Gasteiger partial charge is 0.439 e. The molecular weight excluding hydrogens is 250 g/mol. The molecule has 0 spiro atoms. The van der Waals surface area contributed by atoms with Crippen molar-refractivity contribution in [2.24, 2.45) is 5.92 Å². The summed E-state index contributed by atoms with van der Waals surface area (Å²) in [6.07, 6.45) is 5.23. The highest BCUT2D eigenvalue weighted by Gasteiger charge is 2.22. The van der Waals surface area contributed by atoms with Crippen LogP contribution in [0, 0.1) is 5.92 Å². The number of fused-ring (bicyclic) bond motifs is 1. The maximum absolute atomic E-state index is 5.80. The molecule has 1 aliphatic rings. The average molecular weight is 273 g/mol. The van der Waals surface area contributed by atoms with Crippen LogP contribution in [0.25, 0.3) is 11.1 Å². The van der Waals surface area contributed by atoms with Crippen molar-refractivity contribution in [2.45, 2.75) is 45.2 Å². The van der Waals surface area contributed by atoms with Crippen molar-refractivity contribution in [3.8, 4) is 0 Å². The number of oxazole rings is 1. The molecule has 0 amide bonds. The van der Waals surface area contributed by atoms with Crippen molar-refractivity contribution in [2.75, 3.05) is 12.8 Å². The fourth-order valence-electron chi connectivity index (χ4n) is 3.08. The highest BCUT2D eigenvalue weighted by atomic mass is 16.3. The lowest BCUT2D eigenvalue weighted by molar-refractivity contribution is 0.153. The molecule has 0 aliphatic heterocycles. The molecule has 1 heterocycles. The molecule has 2 N–H and O–H groups in total. The smallest absolute Gasteiger partial charge is 0.209 e. The Morgan fingerprint density at radius 3 is 2.80 bits per heavy atom. The lowest BCUT2D eigenvalue weighted by Crippen LogP contribution is -2.34. The minimum absolute atomic E-state index is 0.659. The van der Waals surface area contributed by atoms with Crippen LogP contribution in [-0.4, -0.2) is 23.0 Å². The van der Waals surface area contributed by atoms with E-state index in [0.29, 0.717) is 6.04 Å². The van der Waals surface area contributed by atoms with Crippen LogP contribution in [0.4, 0.5) is 5.69 Å². The van der Waals surface area contributed by atoms with Gasteiger partial charge >= 0.3 is 0 Å². The summed E-state index contributed by atoms with van der Waals surface area (Å²) < 4.78 is 5.80. The molecular formula is C16H23N3O. The third kappa shape index (κ3) is 2.80. The average Bonchev–Trinajstić information content (AvgIpc) is 2.80. The van der Waals surface area contributed by atoms with Crippen molar-refractivity contribution in [1.82, 2.24) is 9.88 Å². The van der Waals surface area contributed by atoms with Gasteiger partial charge in [0.2, 0.25) is 5.89 Å². The molecule has 4 nitrogen and oxygen atoms in total. The van der Waals surface area contributed by atoms with Gasteiger partial charge in [0.25, 0.3) is 0 Å². The van der Waals surface area contributed by atoms with Crippen molar-refractivity contribution in [3.05, 3.63) is 24.1 Å². The number of anilines is 1. The van der Waals surface area contributed by atoms with Crippen LogP contribution in [0.5, 0.6) is 0 Å². The standard InChI is InChI=1S/C16H23N3O/c1-11-3-6-13(7-4-11)19(2)10-16-18-14-8-5-12(17)9-15(14)20-16/h5,8-9,11,13H,3-4,6-7,10,17H2,1-2H3. The minimum atomic E-state index is 0.659. The zero-order chi connectivity index (χ0) is 14.1. The molecule has 0 atom stereocenters. The molecule has 0 radical (unpaired) electrons. The molecule has 108 valence electrons. The molecule has 20 heavy (non-hydrogen) atoms. The minimum Gasteiger partial charge on any atom is -0.439 e. The van der Waals surface area contributed by atoms with Crippen molar-refractivity contribution in [1.29, 1.82) is 0 Å². The number of nitrogens with zero attached hydrogens (tertiary/aromatic N) is 2. The van der Waals surface area contributed by atoms with E-state index < -0.39 is 0 Å². The number of rotatable bonds is 3. The van der Waals surface area contributed by atoms with Gasteiger partial charge in [0.1, 0.15) is 5.52 Å². The second kappa shape index (κ2) is 5.44. The van der Waals surface area contributed by atoms with E-state index in [0.717, 1.165) is 35.1 Å². The van der Waals surface area contributed by atoms with E-state index in [1.807, 2.05) is 18.2 Å². The fourth-order valence-corrected chi connectivity index (χ4v) is 3.08. The Kier molecular flexibility index (Phi) is 3.66. The number of benzene rings is 1. The summed E-state index contributed by atoms with van der Waals surface area (Å²) in [5.74, 6) is 1.67. The molecule has 0 unspecified atom stereocenters. The van der Waals surface area contributed by atoms with Gasteiger partial charge in [-0.25, -0.2) is 4.98 Å². The van der Waals surface area contributed by atoms with Crippen molar-refractivity contribution >= 4 is 16.8 Å². The number of hydrogen-bond donors (Lipinski definition) is 1. The number of hydrogen-bond acceptors (Lipinski definition) is 4. The Hall–Kier alpha value is -1.55. The molecule has 0 bridgehead atoms. The molecule has 1 fully saturated rings. The zero-order valence-electron chi connectivity index (χ0n) is 12.3. The predicted octanol–water partition coefficient (Wildman–Crippen LogP) is 3.42. The first kappa shape index (κ1) is 13.4. The molecule has 3 rings (SSSR count). The molecule has 4 heteroatoms. The number of nitrogens with two attached hydrogens (primary N) is 1. The van der Waals surface area contributed by atoms with Gasteiger partial charge < -0.3 is 10.2 Å². The zero-order valence-corrected chi connectivity index (χ0v) is 12.3. The van der Waals surface area contributed by atoms with Gasteiger partial charge in [-0.1, -0.05) is 6.92 Å².